The summed E-state index contributed by atoms with van der Waals surface area (Å²) in [7, 11) is -3.95. The fourth-order valence-electron chi connectivity index (χ4n) is 4.18. The Balaban J connectivity index is 1.71. The van der Waals surface area contributed by atoms with E-state index >= 15 is 0 Å². The first kappa shape index (κ1) is 23.7. The molecule has 1 aromatic heterocycles. The summed E-state index contributed by atoms with van der Waals surface area (Å²) in [5, 5.41) is 7.24. The molecule has 1 heterocycles. The number of hydrogen-bond donors (Lipinski definition) is 0. The Morgan fingerprint density at radius 2 is 1.63 bits per heavy atom. The van der Waals surface area contributed by atoms with Gasteiger partial charge in [0, 0.05) is 21.7 Å². The van der Waals surface area contributed by atoms with Crippen molar-refractivity contribution in [3.8, 4) is 5.75 Å². The van der Waals surface area contributed by atoms with Crippen LogP contribution in [0.15, 0.2) is 94.9 Å². The molecule has 5 aromatic rings. The van der Waals surface area contributed by atoms with E-state index in [9.17, 15) is 8.42 Å². The zero-order chi connectivity index (χ0) is 24.4. The first-order chi connectivity index (χ1) is 17.0. The van der Waals surface area contributed by atoms with Crippen LogP contribution in [0, 0.1) is 0 Å². The van der Waals surface area contributed by atoms with Crippen molar-refractivity contribution in [1.82, 2.24) is 9.78 Å². The molecule has 0 saturated carbocycles. The maximum atomic E-state index is 14.0. The van der Waals surface area contributed by atoms with E-state index in [2.05, 4.69) is 5.10 Å². The number of halogens is 2. The number of fused-ring (bicyclic) bond motifs is 2. The van der Waals surface area contributed by atoms with Crippen LogP contribution in [-0.4, -0.2) is 30.7 Å². The van der Waals surface area contributed by atoms with Gasteiger partial charge >= 0.3 is 0 Å². The molecule has 5 rings (SSSR count). The number of sulfone groups is 1. The fraction of sp³-hybridized carbons (Fsp3) is 0.148. The van der Waals surface area contributed by atoms with Gasteiger partial charge in [0.05, 0.1) is 18.0 Å². The van der Waals surface area contributed by atoms with Gasteiger partial charge in [-0.15, -0.1) is 11.6 Å². The minimum atomic E-state index is -3.95. The number of nitrogens with zero attached hydrogens (tertiary/aromatic N) is 2. The maximum Gasteiger partial charge on any atom is 0.226 e. The molecule has 5 nitrogen and oxygen atoms in total. The van der Waals surface area contributed by atoms with Crippen LogP contribution in [0.4, 0.5) is 0 Å². The van der Waals surface area contributed by atoms with Crippen molar-refractivity contribution >= 4 is 54.7 Å². The van der Waals surface area contributed by atoms with Crippen LogP contribution in [0.3, 0.4) is 0 Å². The monoisotopic (exact) mass is 524 g/mol. The number of aromatic nitrogens is 2. The topological polar surface area (TPSA) is 61.2 Å². The molecule has 0 amide bonds. The zero-order valence-electron chi connectivity index (χ0n) is 18.7. The standard InChI is InChI=1S/C27H22Cl2N2O3S/c28-15-6-16-34-24-13-5-12-23-26(24)31(18-19-7-3-10-21(29)17-19)30-27(23)35(32,33)25-14-4-9-20-8-1-2-11-22(20)25/h1-5,7-14,17H,6,15-16,18H2. The summed E-state index contributed by atoms with van der Waals surface area (Å²) in [5.41, 5.74) is 1.51. The molecule has 0 aliphatic heterocycles. The van der Waals surface area contributed by atoms with E-state index < -0.39 is 9.84 Å². The number of para-hydroxylation sites is 1. The fourth-order valence-corrected chi connectivity index (χ4v) is 6.11. The Kier molecular flexibility index (Phi) is 6.69. The highest BCUT2D eigenvalue weighted by atomic mass is 35.5. The van der Waals surface area contributed by atoms with E-state index in [1.807, 2.05) is 54.6 Å². The van der Waals surface area contributed by atoms with Crippen LogP contribution in [0.25, 0.3) is 21.7 Å². The molecule has 0 fully saturated rings. The lowest BCUT2D eigenvalue weighted by Gasteiger charge is -2.10. The largest absolute Gasteiger partial charge is 0.491 e. The first-order valence-corrected chi connectivity index (χ1v) is 13.5. The SMILES string of the molecule is O=S(=O)(c1cccc2ccccc12)c1nn(Cc2cccc(Cl)c2)c2c(OCCCCl)cccc12. The summed E-state index contributed by atoms with van der Waals surface area (Å²) < 4.78 is 35.7. The second-order valence-electron chi connectivity index (χ2n) is 8.12. The van der Waals surface area contributed by atoms with Gasteiger partial charge in [-0.3, -0.25) is 4.68 Å². The Morgan fingerprint density at radius 1 is 0.886 bits per heavy atom. The minimum Gasteiger partial charge on any atom is -0.491 e. The van der Waals surface area contributed by atoms with Crippen molar-refractivity contribution in [2.45, 2.75) is 22.9 Å². The van der Waals surface area contributed by atoms with Crippen molar-refractivity contribution < 1.29 is 13.2 Å². The van der Waals surface area contributed by atoms with Crippen molar-refractivity contribution in [3.05, 3.63) is 95.5 Å². The quantitative estimate of drug-likeness (QED) is 0.167. The molecule has 4 aromatic carbocycles. The molecule has 0 unspecified atom stereocenters. The van der Waals surface area contributed by atoms with Crippen molar-refractivity contribution in [1.29, 1.82) is 0 Å². The summed E-state index contributed by atoms with van der Waals surface area (Å²) in [6.07, 6.45) is 0.668. The lowest BCUT2D eigenvalue weighted by molar-refractivity contribution is 0.320. The van der Waals surface area contributed by atoms with Crippen LogP contribution in [0.5, 0.6) is 5.75 Å². The van der Waals surface area contributed by atoms with E-state index in [0.717, 1.165) is 10.9 Å². The highest BCUT2D eigenvalue weighted by Gasteiger charge is 2.28. The van der Waals surface area contributed by atoms with Crippen LogP contribution in [0.1, 0.15) is 12.0 Å². The summed E-state index contributed by atoms with van der Waals surface area (Å²) in [5.74, 6) is 1.03. The number of ether oxygens (including phenoxy) is 1. The molecule has 0 spiro atoms. The normalized spacial score (nSPS) is 11.8. The van der Waals surface area contributed by atoms with Crippen LogP contribution >= 0.6 is 23.2 Å². The van der Waals surface area contributed by atoms with Gasteiger partial charge < -0.3 is 4.74 Å². The molecule has 0 atom stereocenters. The summed E-state index contributed by atoms with van der Waals surface area (Å²) in [6.45, 7) is 0.744. The molecule has 0 bridgehead atoms. The summed E-state index contributed by atoms with van der Waals surface area (Å²) >= 11 is 12.0. The molecular formula is C27H22Cl2N2O3S. The number of alkyl halides is 1. The third kappa shape index (κ3) is 4.61. The van der Waals surface area contributed by atoms with Gasteiger partial charge in [0.2, 0.25) is 9.84 Å². The first-order valence-electron chi connectivity index (χ1n) is 11.1. The van der Waals surface area contributed by atoms with Crippen molar-refractivity contribution in [2.75, 3.05) is 12.5 Å². The number of rotatable bonds is 8. The summed E-state index contributed by atoms with van der Waals surface area (Å²) in [6, 6.07) is 25.5. The lowest BCUT2D eigenvalue weighted by atomic mass is 10.1. The number of benzene rings is 4. The highest BCUT2D eigenvalue weighted by molar-refractivity contribution is 7.91. The molecule has 178 valence electrons. The van der Waals surface area contributed by atoms with Gasteiger partial charge in [-0.2, -0.15) is 5.10 Å². The second kappa shape index (κ2) is 9.90. The smallest absolute Gasteiger partial charge is 0.226 e. The second-order valence-corrected chi connectivity index (χ2v) is 10.8. The predicted octanol–water partition coefficient (Wildman–Crippen LogP) is 6.73. The van der Waals surface area contributed by atoms with E-state index in [-0.39, 0.29) is 9.92 Å². The third-order valence-corrected chi connectivity index (χ3v) is 8.00. The average molecular weight is 525 g/mol. The lowest BCUT2D eigenvalue weighted by Crippen LogP contribution is -2.07. The number of hydrogen-bond acceptors (Lipinski definition) is 4. The Labute approximate surface area is 213 Å². The van der Waals surface area contributed by atoms with E-state index in [0.29, 0.717) is 52.5 Å². The van der Waals surface area contributed by atoms with Gasteiger partial charge in [-0.05, 0) is 47.7 Å². The Bertz CT molecular complexity index is 1630. The molecule has 0 aliphatic rings. The van der Waals surface area contributed by atoms with Crippen LogP contribution in [-0.2, 0) is 16.4 Å². The van der Waals surface area contributed by atoms with Crippen LogP contribution in [0.2, 0.25) is 5.02 Å². The van der Waals surface area contributed by atoms with Crippen molar-refractivity contribution in [2.24, 2.45) is 0 Å². The third-order valence-electron chi connectivity index (χ3n) is 5.75. The van der Waals surface area contributed by atoms with E-state index in [4.69, 9.17) is 27.9 Å². The Morgan fingerprint density at radius 3 is 2.46 bits per heavy atom. The molecule has 0 aliphatic carbocycles. The zero-order valence-corrected chi connectivity index (χ0v) is 21.0. The van der Waals surface area contributed by atoms with Gasteiger partial charge in [-0.1, -0.05) is 66.2 Å². The van der Waals surface area contributed by atoms with Crippen molar-refractivity contribution in [3.63, 3.8) is 0 Å². The molecular weight excluding hydrogens is 503 g/mol. The molecule has 0 saturated heterocycles. The minimum absolute atomic E-state index is 0.00586. The average Bonchev–Trinajstić information content (AvgIpc) is 3.24. The predicted molar refractivity (Wildman–Crippen MR) is 141 cm³/mol. The summed E-state index contributed by atoms with van der Waals surface area (Å²) in [4.78, 5) is 0.221. The van der Waals surface area contributed by atoms with Crippen LogP contribution < -0.4 is 4.74 Å². The van der Waals surface area contributed by atoms with E-state index in [1.165, 1.54) is 0 Å². The Hall–Kier alpha value is -3.06. The van der Waals surface area contributed by atoms with Gasteiger partial charge in [0.1, 0.15) is 11.3 Å². The molecule has 8 heteroatoms. The highest BCUT2D eigenvalue weighted by Crippen LogP contribution is 2.35. The molecule has 0 N–H and O–H groups in total. The van der Waals surface area contributed by atoms with E-state index in [1.54, 1.807) is 35.0 Å². The maximum absolute atomic E-state index is 14.0. The van der Waals surface area contributed by atoms with Gasteiger partial charge in [-0.25, -0.2) is 8.42 Å². The van der Waals surface area contributed by atoms with Gasteiger partial charge in [0.15, 0.2) is 5.03 Å². The molecule has 35 heavy (non-hydrogen) atoms. The molecule has 0 radical (unpaired) electrons. The van der Waals surface area contributed by atoms with Gasteiger partial charge in [0.25, 0.3) is 0 Å².